The first-order chi connectivity index (χ1) is 15.0. The summed E-state index contributed by atoms with van der Waals surface area (Å²) in [4.78, 5) is 19.5. The van der Waals surface area contributed by atoms with Gasteiger partial charge >= 0.3 is 5.97 Å². The van der Waals surface area contributed by atoms with Crippen LogP contribution in [0, 0.1) is 11.8 Å². The van der Waals surface area contributed by atoms with Gasteiger partial charge in [-0.25, -0.2) is 14.8 Å². The smallest absolute Gasteiger partial charge is 0.341 e. The zero-order valence-electron chi connectivity index (χ0n) is 17.5. The number of aliphatic hydroxyl groups is 1. The van der Waals surface area contributed by atoms with E-state index < -0.39 is 0 Å². The average Bonchev–Trinajstić information content (AvgIpc) is 3.67. The molecule has 0 saturated heterocycles. The summed E-state index contributed by atoms with van der Waals surface area (Å²) in [5.74, 6) is 1.15. The highest BCUT2D eigenvalue weighted by Crippen LogP contribution is 2.30. The van der Waals surface area contributed by atoms with Crippen molar-refractivity contribution in [3.8, 4) is 0 Å². The Kier molecular flexibility index (Phi) is 8.75. The minimum Gasteiger partial charge on any atom is -0.462 e. The molecule has 2 saturated carbocycles. The van der Waals surface area contributed by atoms with Gasteiger partial charge in [-0.3, -0.25) is 0 Å². The van der Waals surface area contributed by atoms with Crippen molar-refractivity contribution in [2.24, 2.45) is 11.8 Å². The molecule has 2 aromatic rings. The Bertz CT molecular complexity index is 889. The third-order valence-electron chi connectivity index (χ3n) is 5.05. The average molecular weight is 467 g/mol. The Hall–Kier alpha value is -2.09. The number of ether oxygens (including phenoxy) is 1. The van der Waals surface area contributed by atoms with Crippen LogP contribution in [-0.2, 0) is 11.3 Å². The third kappa shape index (κ3) is 7.83. The highest BCUT2D eigenvalue weighted by atomic mass is 35.5. The van der Waals surface area contributed by atoms with Gasteiger partial charge in [0, 0.05) is 36.7 Å². The van der Waals surface area contributed by atoms with Crippen molar-refractivity contribution in [1.29, 1.82) is 0 Å². The van der Waals surface area contributed by atoms with Crippen molar-refractivity contribution in [3.63, 3.8) is 0 Å². The molecule has 168 valence electrons. The number of nitrogens with one attached hydrogen (secondary N) is 2. The van der Waals surface area contributed by atoms with E-state index in [0.29, 0.717) is 28.2 Å². The standard InChI is InChI=1S/C12H15ClN2O2.C10H13ClN2O/c1-2-17-12(16)9-7-15-11(13)5-10(9)14-6-8-3-4-8;11-10-3-9(8(6-14)5-13-10)12-4-7-1-2-7/h5,7-8H,2-4,6H2,1H3,(H,14,15);3,5,7,14H,1-2,4,6H2,(H,12,13). The molecular formula is C22H28Cl2N4O3. The van der Waals surface area contributed by atoms with Gasteiger partial charge in [-0.05, 0) is 56.6 Å². The molecule has 2 fully saturated rings. The zero-order chi connectivity index (χ0) is 22.2. The Labute approximate surface area is 192 Å². The highest BCUT2D eigenvalue weighted by molar-refractivity contribution is 6.30. The fraction of sp³-hybridized carbons (Fsp3) is 0.500. The normalized spacial score (nSPS) is 15.0. The molecule has 2 aliphatic rings. The van der Waals surface area contributed by atoms with Gasteiger partial charge in [0.05, 0.1) is 18.9 Å². The Morgan fingerprint density at radius 3 is 2.13 bits per heavy atom. The molecule has 0 atom stereocenters. The Morgan fingerprint density at radius 2 is 1.58 bits per heavy atom. The van der Waals surface area contributed by atoms with E-state index in [9.17, 15) is 4.79 Å². The van der Waals surface area contributed by atoms with Crippen LogP contribution in [0.15, 0.2) is 24.5 Å². The number of pyridine rings is 2. The predicted octanol–water partition coefficient (Wildman–Crippen LogP) is 4.78. The summed E-state index contributed by atoms with van der Waals surface area (Å²) in [5, 5.41) is 16.4. The van der Waals surface area contributed by atoms with E-state index >= 15 is 0 Å². The van der Waals surface area contributed by atoms with Crippen LogP contribution in [0.3, 0.4) is 0 Å². The lowest BCUT2D eigenvalue weighted by molar-refractivity contribution is 0.0527. The lowest BCUT2D eigenvalue weighted by Gasteiger charge is -2.10. The van der Waals surface area contributed by atoms with Crippen LogP contribution in [-0.4, -0.2) is 40.7 Å². The summed E-state index contributed by atoms with van der Waals surface area (Å²) in [5.41, 5.74) is 2.85. The first-order valence-corrected chi connectivity index (χ1v) is 11.3. The number of aliphatic hydroxyl groups excluding tert-OH is 1. The van der Waals surface area contributed by atoms with Crippen LogP contribution in [0.25, 0.3) is 0 Å². The molecule has 0 bridgehead atoms. The molecule has 0 spiro atoms. The summed E-state index contributed by atoms with van der Waals surface area (Å²) in [6.45, 7) is 3.96. The number of hydrogen-bond acceptors (Lipinski definition) is 7. The Balaban J connectivity index is 0.000000179. The molecule has 2 aromatic heterocycles. The summed E-state index contributed by atoms with van der Waals surface area (Å²) in [7, 11) is 0. The monoisotopic (exact) mass is 466 g/mol. The molecule has 2 heterocycles. The number of carbonyl (C=O) groups excluding carboxylic acids is 1. The van der Waals surface area contributed by atoms with E-state index in [4.69, 9.17) is 33.0 Å². The van der Waals surface area contributed by atoms with Crippen molar-refractivity contribution in [1.82, 2.24) is 9.97 Å². The molecule has 3 N–H and O–H groups in total. The topological polar surface area (TPSA) is 96.4 Å². The van der Waals surface area contributed by atoms with Gasteiger partial charge in [0.1, 0.15) is 15.9 Å². The van der Waals surface area contributed by atoms with E-state index in [-0.39, 0.29) is 12.6 Å². The fourth-order valence-electron chi connectivity index (χ4n) is 2.85. The molecule has 0 radical (unpaired) electrons. The lowest BCUT2D eigenvalue weighted by Crippen LogP contribution is -2.12. The van der Waals surface area contributed by atoms with Crippen LogP contribution in [0.2, 0.25) is 10.3 Å². The molecular weight excluding hydrogens is 439 g/mol. The highest BCUT2D eigenvalue weighted by Gasteiger charge is 2.22. The summed E-state index contributed by atoms with van der Waals surface area (Å²) in [6.07, 6.45) is 8.18. The number of nitrogens with zero attached hydrogens (tertiary/aromatic N) is 2. The maximum atomic E-state index is 11.7. The number of esters is 1. The van der Waals surface area contributed by atoms with Gasteiger partial charge in [0.2, 0.25) is 0 Å². The van der Waals surface area contributed by atoms with Crippen LogP contribution in [0.1, 0.15) is 48.5 Å². The molecule has 2 aliphatic carbocycles. The first-order valence-electron chi connectivity index (χ1n) is 10.6. The number of hydrogen-bond donors (Lipinski definition) is 3. The van der Waals surface area contributed by atoms with Crippen LogP contribution < -0.4 is 10.6 Å². The Morgan fingerprint density at radius 1 is 1.03 bits per heavy atom. The van der Waals surface area contributed by atoms with Gasteiger partial charge in [-0.1, -0.05) is 23.2 Å². The number of carbonyl (C=O) groups is 1. The van der Waals surface area contributed by atoms with Gasteiger partial charge in [0.15, 0.2) is 0 Å². The maximum Gasteiger partial charge on any atom is 0.341 e. The van der Waals surface area contributed by atoms with Crippen molar-refractivity contribution < 1.29 is 14.6 Å². The van der Waals surface area contributed by atoms with Crippen LogP contribution in [0.4, 0.5) is 11.4 Å². The molecule has 0 aromatic carbocycles. The van der Waals surface area contributed by atoms with E-state index in [1.165, 1.54) is 31.9 Å². The largest absolute Gasteiger partial charge is 0.462 e. The van der Waals surface area contributed by atoms with E-state index in [0.717, 1.165) is 36.2 Å². The molecule has 7 nitrogen and oxygen atoms in total. The second-order valence-electron chi connectivity index (χ2n) is 7.74. The van der Waals surface area contributed by atoms with Crippen molar-refractivity contribution >= 4 is 40.5 Å². The molecule has 0 aliphatic heterocycles. The summed E-state index contributed by atoms with van der Waals surface area (Å²) >= 11 is 11.6. The molecule has 0 amide bonds. The first kappa shape index (κ1) is 23.6. The number of anilines is 2. The van der Waals surface area contributed by atoms with Gasteiger partial charge in [0.25, 0.3) is 0 Å². The lowest BCUT2D eigenvalue weighted by atomic mass is 10.2. The van der Waals surface area contributed by atoms with E-state index in [2.05, 4.69) is 20.6 Å². The second-order valence-corrected chi connectivity index (χ2v) is 8.52. The van der Waals surface area contributed by atoms with Gasteiger partial charge < -0.3 is 20.5 Å². The minimum atomic E-state index is -0.366. The number of rotatable bonds is 9. The summed E-state index contributed by atoms with van der Waals surface area (Å²) in [6, 6.07) is 3.42. The van der Waals surface area contributed by atoms with Gasteiger partial charge in [-0.2, -0.15) is 0 Å². The molecule has 31 heavy (non-hydrogen) atoms. The SMILES string of the molecule is CCOC(=O)c1cnc(Cl)cc1NCC1CC1.OCc1cnc(Cl)cc1NCC1CC1. The second kappa shape index (κ2) is 11.5. The molecule has 4 rings (SSSR count). The third-order valence-corrected chi connectivity index (χ3v) is 5.46. The summed E-state index contributed by atoms with van der Waals surface area (Å²) < 4.78 is 4.97. The van der Waals surface area contributed by atoms with Crippen molar-refractivity contribution in [3.05, 3.63) is 46.0 Å². The van der Waals surface area contributed by atoms with E-state index in [1.807, 2.05) is 0 Å². The van der Waals surface area contributed by atoms with Gasteiger partial charge in [-0.15, -0.1) is 0 Å². The number of aromatic nitrogens is 2. The predicted molar refractivity (Wildman–Crippen MR) is 123 cm³/mol. The van der Waals surface area contributed by atoms with E-state index in [1.54, 1.807) is 25.3 Å². The van der Waals surface area contributed by atoms with Crippen LogP contribution in [0.5, 0.6) is 0 Å². The maximum absolute atomic E-state index is 11.7. The minimum absolute atomic E-state index is 0.00281. The quantitative estimate of drug-likeness (QED) is 0.361. The molecule has 0 unspecified atom stereocenters. The molecule has 9 heteroatoms. The van der Waals surface area contributed by atoms with Crippen molar-refractivity contribution in [2.75, 3.05) is 30.3 Å². The van der Waals surface area contributed by atoms with Crippen LogP contribution >= 0.6 is 23.2 Å². The fourth-order valence-corrected chi connectivity index (χ4v) is 3.16. The van der Waals surface area contributed by atoms with Crippen molar-refractivity contribution in [2.45, 2.75) is 39.2 Å². The number of halogens is 2. The zero-order valence-corrected chi connectivity index (χ0v) is 19.0.